The van der Waals surface area contributed by atoms with Crippen molar-refractivity contribution in [2.45, 2.75) is 51.8 Å². The number of piperidine rings is 1. The highest BCUT2D eigenvalue weighted by atomic mass is 16.5. The van der Waals surface area contributed by atoms with Crippen molar-refractivity contribution in [1.82, 2.24) is 14.7 Å². The van der Waals surface area contributed by atoms with E-state index in [1.54, 1.807) is 0 Å². The Kier molecular flexibility index (Phi) is 7.68. The largest absolute Gasteiger partial charge is 0.494 e. The van der Waals surface area contributed by atoms with Crippen LogP contribution in [0.15, 0.2) is 60.7 Å². The molecule has 176 valence electrons. The molecule has 1 saturated heterocycles. The van der Waals surface area contributed by atoms with E-state index in [1.807, 2.05) is 54.1 Å². The molecule has 1 N–H and O–H groups in total. The van der Waals surface area contributed by atoms with Crippen LogP contribution in [-0.2, 0) is 13.1 Å². The normalized spacial score (nSPS) is 18.9. The summed E-state index contributed by atoms with van der Waals surface area (Å²) in [6, 6.07) is 20.1. The van der Waals surface area contributed by atoms with Crippen LogP contribution in [0.1, 0.15) is 36.2 Å². The summed E-state index contributed by atoms with van der Waals surface area (Å²) in [5.74, 6) is 1.69. The molecule has 1 unspecified atom stereocenters. The van der Waals surface area contributed by atoms with Crippen LogP contribution in [0, 0.1) is 13.8 Å². The minimum Gasteiger partial charge on any atom is -0.494 e. The predicted octanol–water partition coefficient (Wildman–Crippen LogP) is 4.37. The van der Waals surface area contributed by atoms with Crippen molar-refractivity contribution < 1.29 is 14.6 Å². The van der Waals surface area contributed by atoms with Crippen LogP contribution in [0.4, 0.5) is 0 Å². The summed E-state index contributed by atoms with van der Waals surface area (Å²) in [6.45, 7) is 8.29. The van der Waals surface area contributed by atoms with Gasteiger partial charge in [0.15, 0.2) is 0 Å². The number of hydrogen-bond acceptors (Lipinski definition) is 5. The summed E-state index contributed by atoms with van der Waals surface area (Å²) in [5, 5.41) is 15.6. The van der Waals surface area contributed by atoms with E-state index in [0.717, 1.165) is 56.1 Å². The first-order valence-corrected chi connectivity index (χ1v) is 11.8. The second-order valence-corrected chi connectivity index (χ2v) is 9.14. The molecule has 0 aliphatic carbocycles. The number of benzene rings is 2. The van der Waals surface area contributed by atoms with Crippen LogP contribution in [-0.4, -0.2) is 51.7 Å². The zero-order valence-corrected chi connectivity index (χ0v) is 19.7. The second kappa shape index (κ2) is 10.9. The van der Waals surface area contributed by atoms with Gasteiger partial charge in [-0.05, 0) is 69.1 Å². The standard InChI is InChI=1S/C27H35N3O3/c1-22-17-23(2)30(28-22)15-8-16-32-26-12-6-9-24(18-26)19-29-14-7-13-27(31,20-29)21-33-25-10-4-3-5-11-25/h3-6,9-12,17-18,31H,7-8,13-16,19-21H2,1-2H3. The van der Waals surface area contributed by atoms with Gasteiger partial charge in [-0.2, -0.15) is 5.10 Å². The van der Waals surface area contributed by atoms with Gasteiger partial charge >= 0.3 is 0 Å². The lowest BCUT2D eigenvalue weighted by atomic mass is 9.93. The van der Waals surface area contributed by atoms with Gasteiger partial charge in [-0.25, -0.2) is 0 Å². The molecular weight excluding hydrogens is 414 g/mol. The fraction of sp³-hybridized carbons (Fsp3) is 0.444. The number of likely N-dealkylation sites (tertiary alicyclic amines) is 1. The third-order valence-electron chi connectivity index (χ3n) is 6.08. The fourth-order valence-electron chi connectivity index (χ4n) is 4.49. The molecule has 6 heteroatoms. The number of hydrogen-bond donors (Lipinski definition) is 1. The molecule has 0 radical (unpaired) electrons. The number of ether oxygens (including phenoxy) is 2. The maximum Gasteiger partial charge on any atom is 0.119 e. The van der Waals surface area contributed by atoms with Gasteiger partial charge in [0.2, 0.25) is 0 Å². The van der Waals surface area contributed by atoms with Crippen molar-refractivity contribution in [2.75, 3.05) is 26.3 Å². The molecule has 33 heavy (non-hydrogen) atoms. The number of para-hydroxylation sites is 1. The van der Waals surface area contributed by atoms with Crippen LogP contribution < -0.4 is 9.47 Å². The number of β-amino-alcohol motifs (C(OH)–C–C–N with tert-alkyl or cyclic N) is 1. The smallest absolute Gasteiger partial charge is 0.119 e. The molecule has 2 aromatic carbocycles. The van der Waals surface area contributed by atoms with Gasteiger partial charge < -0.3 is 14.6 Å². The number of aromatic nitrogens is 2. The lowest BCUT2D eigenvalue weighted by Gasteiger charge is -2.39. The Morgan fingerprint density at radius 2 is 1.82 bits per heavy atom. The van der Waals surface area contributed by atoms with E-state index in [4.69, 9.17) is 9.47 Å². The minimum absolute atomic E-state index is 0.311. The quantitative estimate of drug-likeness (QED) is 0.466. The van der Waals surface area contributed by atoms with E-state index in [0.29, 0.717) is 19.8 Å². The molecule has 2 heterocycles. The second-order valence-electron chi connectivity index (χ2n) is 9.14. The Bertz CT molecular complexity index is 1020. The molecule has 0 spiro atoms. The molecular formula is C27H35N3O3. The molecule has 1 aromatic heterocycles. The number of rotatable bonds is 10. The monoisotopic (exact) mass is 449 g/mol. The highest BCUT2D eigenvalue weighted by molar-refractivity contribution is 5.28. The van der Waals surface area contributed by atoms with Crippen LogP contribution in [0.3, 0.4) is 0 Å². The average molecular weight is 450 g/mol. The molecule has 1 atom stereocenters. The minimum atomic E-state index is -0.828. The Hall–Kier alpha value is -2.83. The summed E-state index contributed by atoms with van der Waals surface area (Å²) in [5.41, 5.74) is 2.60. The lowest BCUT2D eigenvalue weighted by molar-refractivity contribution is -0.0621. The number of aryl methyl sites for hydroxylation is 3. The van der Waals surface area contributed by atoms with E-state index in [-0.39, 0.29) is 0 Å². The van der Waals surface area contributed by atoms with Gasteiger partial charge in [0.25, 0.3) is 0 Å². The Morgan fingerprint density at radius 3 is 2.61 bits per heavy atom. The van der Waals surface area contributed by atoms with Crippen molar-refractivity contribution in [3.63, 3.8) is 0 Å². The maximum atomic E-state index is 11.1. The maximum absolute atomic E-state index is 11.1. The highest BCUT2D eigenvalue weighted by Crippen LogP contribution is 2.25. The topological polar surface area (TPSA) is 59.8 Å². The van der Waals surface area contributed by atoms with Gasteiger partial charge in [0.1, 0.15) is 23.7 Å². The molecule has 4 rings (SSSR count). The first-order chi connectivity index (χ1) is 16.0. The summed E-state index contributed by atoms with van der Waals surface area (Å²) < 4.78 is 13.9. The molecule has 6 nitrogen and oxygen atoms in total. The SMILES string of the molecule is Cc1cc(C)n(CCCOc2cccc(CN3CCCC(O)(COc4ccccc4)C3)c2)n1. The Labute approximate surface area is 196 Å². The van der Waals surface area contributed by atoms with Crippen LogP contribution in [0.2, 0.25) is 0 Å². The number of nitrogens with zero attached hydrogens (tertiary/aromatic N) is 3. The third kappa shape index (κ3) is 6.83. The molecule has 1 aliphatic heterocycles. The Morgan fingerprint density at radius 1 is 1.00 bits per heavy atom. The van der Waals surface area contributed by atoms with E-state index >= 15 is 0 Å². The number of aliphatic hydroxyl groups is 1. The molecule has 0 bridgehead atoms. The lowest BCUT2D eigenvalue weighted by Crippen LogP contribution is -2.51. The fourth-order valence-corrected chi connectivity index (χ4v) is 4.49. The highest BCUT2D eigenvalue weighted by Gasteiger charge is 2.34. The van der Waals surface area contributed by atoms with E-state index in [2.05, 4.69) is 35.1 Å². The summed E-state index contributed by atoms with van der Waals surface area (Å²) >= 11 is 0. The predicted molar refractivity (Wildman–Crippen MR) is 130 cm³/mol. The first kappa shape index (κ1) is 23.3. The van der Waals surface area contributed by atoms with Gasteiger partial charge in [-0.1, -0.05) is 30.3 Å². The van der Waals surface area contributed by atoms with Crippen LogP contribution in [0.25, 0.3) is 0 Å². The van der Waals surface area contributed by atoms with Gasteiger partial charge in [-0.3, -0.25) is 9.58 Å². The molecule has 1 fully saturated rings. The van der Waals surface area contributed by atoms with Crippen molar-refractivity contribution in [3.8, 4) is 11.5 Å². The van der Waals surface area contributed by atoms with Crippen molar-refractivity contribution >= 4 is 0 Å². The zero-order valence-electron chi connectivity index (χ0n) is 19.7. The summed E-state index contributed by atoms with van der Waals surface area (Å²) in [6.07, 6.45) is 2.62. The summed E-state index contributed by atoms with van der Waals surface area (Å²) in [7, 11) is 0. The van der Waals surface area contributed by atoms with E-state index < -0.39 is 5.60 Å². The van der Waals surface area contributed by atoms with Gasteiger partial charge in [-0.15, -0.1) is 0 Å². The Balaban J connectivity index is 1.25. The molecule has 1 aliphatic rings. The molecule has 3 aromatic rings. The van der Waals surface area contributed by atoms with Gasteiger partial charge in [0.05, 0.1) is 12.3 Å². The van der Waals surface area contributed by atoms with Crippen molar-refractivity contribution in [2.24, 2.45) is 0 Å². The van der Waals surface area contributed by atoms with E-state index in [1.165, 1.54) is 11.3 Å². The first-order valence-electron chi connectivity index (χ1n) is 11.8. The van der Waals surface area contributed by atoms with Crippen LogP contribution >= 0.6 is 0 Å². The third-order valence-corrected chi connectivity index (χ3v) is 6.08. The average Bonchev–Trinajstić information content (AvgIpc) is 3.13. The van der Waals surface area contributed by atoms with Crippen molar-refractivity contribution in [3.05, 3.63) is 77.6 Å². The van der Waals surface area contributed by atoms with E-state index in [9.17, 15) is 5.11 Å². The van der Waals surface area contributed by atoms with Crippen molar-refractivity contribution in [1.29, 1.82) is 0 Å². The van der Waals surface area contributed by atoms with Crippen LogP contribution in [0.5, 0.6) is 11.5 Å². The zero-order chi connectivity index (χ0) is 23.1. The molecule has 0 saturated carbocycles. The van der Waals surface area contributed by atoms with Gasteiger partial charge in [0, 0.05) is 31.7 Å². The molecule has 0 amide bonds. The summed E-state index contributed by atoms with van der Waals surface area (Å²) in [4.78, 5) is 2.31.